The molecule has 0 saturated carbocycles. The number of carbonyl (C=O) groups is 2. The van der Waals surface area contributed by atoms with Crippen LogP contribution in [-0.4, -0.2) is 31.1 Å². The topological polar surface area (TPSA) is 67.4 Å². The minimum Gasteiger partial charge on any atom is -0.376 e. The van der Waals surface area contributed by atoms with Crippen molar-refractivity contribution in [3.05, 3.63) is 51.4 Å². The maximum atomic E-state index is 12.9. The number of carbonyl (C=O) groups excluding carboxylic acids is 2. The molecule has 6 heteroatoms. The van der Waals surface area contributed by atoms with Crippen LogP contribution in [0.15, 0.2) is 24.3 Å². The Morgan fingerprint density at radius 2 is 2.11 bits per heavy atom. The predicted molar refractivity (Wildman–Crippen MR) is 107 cm³/mol. The molecule has 5 nitrogen and oxygen atoms in total. The van der Waals surface area contributed by atoms with E-state index in [1.54, 1.807) is 6.07 Å². The highest BCUT2D eigenvalue weighted by atomic mass is 32.1. The van der Waals surface area contributed by atoms with Crippen LogP contribution < -0.4 is 10.6 Å². The molecule has 0 radical (unpaired) electrons. The van der Waals surface area contributed by atoms with E-state index in [1.807, 2.05) is 25.1 Å². The minimum absolute atomic E-state index is 0.103. The normalized spacial score (nSPS) is 18.3. The number of amides is 2. The molecule has 1 aliphatic carbocycles. The van der Waals surface area contributed by atoms with Gasteiger partial charge in [0.1, 0.15) is 5.00 Å². The monoisotopic (exact) mass is 384 g/mol. The Hall–Kier alpha value is -2.18. The predicted octanol–water partition coefficient (Wildman–Crippen LogP) is 3.71. The molecule has 142 valence electrons. The van der Waals surface area contributed by atoms with Crippen molar-refractivity contribution >= 4 is 28.2 Å². The summed E-state index contributed by atoms with van der Waals surface area (Å²) in [5.74, 6) is -0.281. The number of hydrogen-bond donors (Lipinski definition) is 2. The van der Waals surface area contributed by atoms with Crippen LogP contribution >= 0.6 is 11.3 Å². The van der Waals surface area contributed by atoms with Crippen molar-refractivity contribution < 1.29 is 14.3 Å². The number of rotatable bonds is 5. The molecule has 27 heavy (non-hydrogen) atoms. The molecule has 1 aliphatic heterocycles. The van der Waals surface area contributed by atoms with Gasteiger partial charge in [-0.15, -0.1) is 11.3 Å². The van der Waals surface area contributed by atoms with Gasteiger partial charge in [0.05, 0.1) is 11.7 Å². The van der Waals surface area contributed by atoms with Gasteiger partial charge in [0.2, 0.25) is 0 Å². The second-order valence-corrected chi connectivity index (χ2v) is 8.34. The van der Waals surface area contributed by atoms with Crippen LogP contribution in [0.4, 0.5) is 5.00 Å². The van der Waals surface area contributed by atoms with Crippen LogP contribution in [0.2, 0.25) is 0 Å². The summed E-state index contributed by atoms with van der Waals surface area (Å²) in [7, 11) is 0. The average molecular weight is 385 g/mol. The molecule has 2 aromatic rings. The summed E-state index contributed by atoms with van der Waals surface area (Å²) < 4.78 is 5.60. The van der Waals surface area contributed by atoms with E-state index < -0.39 is 0 Å². The van der Waals surface area contributed by atoms with Gasteiger partial charge in [-0.05, 0) is 56.7 Å². The van der Waals surface area contributed by atoms with E-state index in [0.717, 1.165) is 49.8 Å². The molecule has 2 aliphatic rings. The molecule has 1 aromatic heterocycles. The van der Waals surface area contributed by atoms with E-state index >= 15 is 0 Å². The number of thiophene rings is 1. The third kappa shape index (κ3) is 3.92. The second-order valence-electron chi connectivity index (χ2n) is 7.23. The van der Waals surface area contributed by atoms with Crippen molar-refractivity contribution in [2.75, 3.05) is 18.5 Å². The molecule has 0 spiro atoms. The summed E-state index contributed by atoms with van der Waals surface area (Å²) in [5.41, 5.74) is 3.39. The molecule has 0 bridgehead atoms. The zero-order valence-electron chi connectivity index (χ0n) is 15.5. The Bertz CT molecular complexity index is 868. The van der Waals surface area contributed by atoms with Crippen LogP contribution in [0.3, 0.4) is 0 Å². The van der Waals surface area contributed by atoms with Crippen molar-refractivity contribution in [1.29, 1.82) is 0 Å². The quantitative estimate of drug-likeness (QED) is 0.826. The highest BCUT2D eigenvalue weighted by Crippen LogP contribution is 2.39. The lowest BCUT2D eigenvalue weighted by Gasteiger charge is -2.13. The van der Waals surface area contributed by atoms with Gasteiger partial charge in [0.15, 0.2) is 0 Å². The van der Waals surface area contributed by atoms with E-state index in [4.69, 9.17) is 4.74 Å². The lowest BCUT2D eigenvalue weighted by Crippen LogP contribution is -2.32. The molecular weight excluding hydrogens is 360 g/mol. The van der Waals surface area contributed by atoms with Gasteiger partial charge < -0.3 is 15.4 Å². The Labute approximate surface area is 163 Å². The summed E-state index contributed by atoms with van der Waals surface area (Å²) in [6.07, 6.45) is 5.08. The van der Waals surface area contributed by atoms with E-state index in [-0.39, 0.29) is 17.9 Å². The highest BCUT2D eigenvalue weighted by molar-refractivity contribution is 7.17. The number of aryl methyl sites for hydroxylation is 2. The first kappa shape index (κ1) is 18.2. The molecule has 2 heterocycles. The summed E-state index contributed by atoms with van der Waals surface area (Å²) in [5, 5.41) is 6.65. The summed E-state index contributed by atoms with van der Waals surface area (Å²) in [6.45, 7) is 3.25. The number of nitrogens with one attached hydrogen (secondary N) is 2. The summed E-state index contributed by atoms with van der Waals surface area (Å²) >= 11 is 1.54. The van der Waals surface area contributed by atoms with Crippen molar-refractivity contribution in [3.8, 4) is 0 Å². The van der Waals surface area contributed by atoms with Crippen LogP contribution in [0.1, 0.15) is 56.0 Å². The van der Waals surface area contributed by atoms with E-state index in [0.29, 0.717) is 22.7 Å². The first-order chi connectivity index (χ1) is 13.1. The zero-order chi connectivity index (χ0) is 18.8. The fraction of sp³-hybridized carbons (Fsp3) is 0.429. The standard InChI is InChI=1S/C21H24N2O3S/c1-13-5-2-6-14(11-13)19(24)23-21-18(16-8-3-9-17(16)27-21)20(25)22-12-15-7-4-10-26-15/h2,5-6,11,15H,3-4,7-10,12H2,1H3,(H,22,25)(H,23,24)/t15-/m1/s1. The Kier molecular flexibility index (Phi) is 5.27. The third-order valence-corrected chi connectivity index (χ3v) is 6.38. The van der Waals surface area contributed by atoms with Crippen molar-refractivity contribution in [2.24, 2.45) is 0 Å². The zero-order valence-corrected chi connectivity index (χ0v) is 16.3. The van der Waals surface area contributed by atoms with E-state index in [9.17, 15) is 9.59 Å². The molecule has 1 aromatic carbocycles. The maximum Gasteiger partial charge on any atom is 0.256 e. The lowest BCUT2D eigenvalue weighted by atomic mass is 10.1. The van der Waals surface area contributed by atoms with Crippen molar-refractivity contribution in [1.82, 2.24) is 5.32 Å². The van der Waals surface area contributed by atoms with Crippen LogP contribution in [0.5, 0.6) is 0 Å². The minimum atomic E-state index is -0.174. The fourth-order valence-corrected chi connectivity index (χ4v) is 5.08. The van der Waals surface area contributed by atoms with Crippen molar-refractivity contribution in [2.45, 2.75) is 45.1 Å². The molecule has 1 saturated heterocycles. The van der Waals surface area contributed by atoms with Gasteiger partial charge >= 0.3 is 0 Å². The number of fused-ring (bicyclic) bond motifs is 1. The summed E-state index contributed by atoms with van der Waals surface area (Å²) in [4.78, 5) is 26.8. The number of hydrogen-bond acceptors (Lipinski definition) is 4. The maximum absolute atomic E-state index is 12.9. The molecule has 4 rings (SSSR count). The van der Waals surface area contributed by atoms with Gasteiger partial charge in [-0.25, -0.2) is 0 Å². The Balaban J connectivity index is 1.54. The molecule has 0 unspecified atom stereocenters. The first-order valence-corrected chi connectivity index (χ1v) is 10.4. The Morgan fingerprint density at radius 3 is 2.89 bits per heavy atom. The Morgan fingerprint density at radius 1 is 1.22 bits per heavy atom. The molecule has 1 atom stereocenters. The lowest BCUT2D eigenvalue weighted by molar-refractivity contribution is 0.0858. The SMILES string of the molecule is Cc1cccc(C(=O)Nc2sc3c(c2C(=O)NC[C@H]2CCCO2)CCC3)c1. The average Bonchev–Trinajstić information content (AvgIpc) is 3.37. The molecule has 2 N–H and O–H groups in total. The van der Waals surface area contributed by atoms with Gasteiger partial charge in [-0.3, -0.25) is 9.59 Å². The van der Waals surface area contributed by atoms with Crippen LogP contribution in [0.25, 0.3) is 0 Å². The van der Waals surface area contributed by atoms with Gasteiger partial charge in [-0.2, -0.15) is 0 Å². The molecule has 2 amide bonds. The molecular formula is C21H24N2O3S. The summed E-state index contributed by atoms with van der Waals surface area (Å²) in [6, 6.07) is 7.48. The second kappa shape index (κ2) is 7.82. The smallest absolute Gasteiger partial charge is 0.256 e. The first-order valence-electron chi connectivity index (χ1n) is 9.54. The molecule has 1 fully saturated rings. The van der Waals surface area contributed by atoms with Crippen LogP contribution in [0, 0.1) is 6.92 Å². The highest BCUT2D eigenvalue weighted by Gasteiger charge is 2.28. The van der Waals surface area contributed by atoms with Crippen LogP contribution in [-0.2, 0) is 17.6 Å². The van der Waals surface area contributed by atoms with Gasteiger partial charge in [0.25, 0.3) is 11.8 Å². The van der Waals surface area contributed by atoms with E-state index in [2.05, 4.69) is 10.6 Å². The van der Waals surface area contributed by atoms with Gasteiger partial charge in [0, 0.05) is 23.6 Å². The van der Waals surface area contributed by atoms with Gasteiger partial charge in [-0.1, -0.05) is 17.7 Å². The number of benzene rings is 1. The largest absolute Gasteiger partial charge is 0.376 e. The third-order valence-electron chi connectivity index (χ3n) is 5.17. The number of ether oxygens (including phenoxy) is 1. The van der Waals surface area contributed by atoms with Crippen molar-refractivity contribution in [3.63, 3.8) is 0 Å². The van der Waals surface area contributed by atoms with E-state index in [1.165, 1.54) is 16.2 Å². The number of anilines is 1. The fourth-order valence-electron chi connectivity index (χ4n) is 3.79.